The molecule has 0 spiro atoms. The first-order chi connectivity index (χ1) is 13.6. The lowest BCUT2D eigenvalue weighted by Gasteiger charge is -2.06. The van der Waals surface area contributed by atoms with Gasteiger partial charge in [0.15, 0.2) is 23.9 Å². The molecule has 0 saturated carbocycles. The van der Waals surface area contributed by atoms with Crippen LogP contribution in [0.15, 0.2) is 52.9 Å². The molecular formula is C20H15NO7. The van der Waals surface area contributed by atoms with Crippen molar-refractivity contribution < 1.29 is 33.0 Å². The Morgan fingerprint density at radius 2 is 1.82 bits per heavy atom. The molecule has 8 heteroatoms. The van der Waals surface area contributed by atoms with Gasteiger partial charge < -0.3 is 23.9 Å². The number of carbonyl (C=O) groups excluding carboxylic acids is 3. The molecule has 0 bridgehead atoms. The van der Waals surface area contributed by atoms with Crippen LogP contribution in [-0.2, 0) is 9.53 Å². The summed E-state index contributed by atoms with van der Waals surface area (Å²) in [5, 5.41) is 3.22. The summed E-state index contributed by atoms with van der Waals surface area (Å²) in [4.78, 5) is 36.0. The number of carbonyl (C=O) groups is 3. The molecule has 1 N–H and O–H groups in total. The highest BCUT2D eigenvalue weighted by Gasteiger charge is 2.18. The monoisotopic (exact) mass is 381 g/mol. The maximum atomic E-state index is 12.1. The Bertz CT molecular complexity index is 1040. The number of fused-ring (bicyclic) bond motifs is 2. The van der Waals surface area contributed by atoms with E-state index in [4.69, 9.17) is 18.6 Å². The number of esters is 1. The molecule has 0 saturated heterocycles. The summed E-state index contributed by atoms with van der Waals surface area (Å²) in [5.41, 5.74) is 0.892. The van der Waals surface area contributed by atoms with E-state index < -0.39 is 24.3 Å². The quantitative estimate of drug-likeness (QED) is 0.516. The first-order valence-corrected chi connectivity index (χ1v) is 8.45. The van der Waals surface area contributed by atoms with Crippen molar-refractivity contribution in [2.45, 2.75) is 0 Å². The van der Waals surface area contributed by atoms with E-state index in [1.165, 1.54) is 6.07 Å². The van der Waals surface area contributed by atoms with Crippen molar-refractivity contribution in [3.05, 3.63) is 59.9 Å². The van der Waals surface area contributed by atoms with Crippen molar-refractivity contribution in [2.24, 2.45) is 0 Å². The van der Waals surface area contributed by atoms with E-state index in [0.717, 1.165) is 5.39 Å². The van der Waals surface area contributed by atoms with Gasteiger partial charge in [0.2, 0.25) is 12.6 Å². The van der Waals surface area contributed by atoms with Gasteiger partial charge in [-0.3, -0.25) is 14.4 Å². The number of ketones is 1. The molecule has 0 atom stereocenters. The number of para-hydroxylation sites is 1. The zero-order valence-electron chi connectivity index (χ0n) is 14.6. The number of nitrogens with one attached hydrogen (secondary N) is 1. The van der Waals surface area contributed by atoms with Crippen LogP contribution in [-0.4, -0.2) is 37.6 Å². The highest BCUT2D eigenvalue weighted by atomic mass is 16.7. The van der Waals surface area contributed by atoms with Gasteiger partial charge in [-0.25, -0.2) is 0 Å². The molecule has 2 aromatic carbocycles. The average Bonchev–Trinajstić information content (AvgIpc) is 3.36. The van der Waals surface area contributed by atoms with Crippen LogP contribution < -0.4 is 14.8 Å². The molecule has 142 valence electrons. The number of rotatable bonds is 6. The fourth-order valence-electron chi connectivity index (χ4n) is 2.68. The minimum absolute atomic E-state index is 0.103. The van der Waals surface area contributed by atoms with E-state index in [9.17, 15) is 14.4 Å². The second kappa shape index (κ2) is 7.43. The molecule has 0 unspecified atom stereocenters. The van der Waals surface area contributed by atoms with Gasteiger partial charge in [-0.1, -0.05) is 18.2 Å². The van der Waals surface area contributed by atoms with Gasteiger partial charge in [-0.2, -0.15) is 0 Å². The molecule has 1 amide bonds. The number of ether oxygens (including phenoxy) is 3. The van der Waals surface area contributed by atoms with Crippen LogP contribution in [0.3, 0.4) is 0 Å². The van der Waals surface area contributed by atoms with Crippen LogP contribution in [0, 0.1) is 0 Å². The van der Waals surface area contributed by atoms with Gasteiger partial charge in [-0.15, -0.1) is 0 Å². The molecular weight excluding hydrogens is 366 g/mol. The van der Waals surface area contributed by atoms with Gasteiger partial charge in [0, 0.05) is 10.9 Å². The van der Waals surface area contributed by atoms with Gasteiger partial charge in [-0.05, 0) is 30.3 Å². The SMILES string of the molecule is O=C(CNC(=O)c1ccc2c(c1)OCO2)OCC(=O)c1cc2ccccc2o1. The van der Waals surface area contributed by atoms with Crippen LogP contribution in [0.2, 0.25) is 0 Å². The van der Waals surface area contributed by atoms with Crippen molar-refractivity contribution in [3.8, 4) is 11.5 Å². The van der Waals surface area contributed by atoms with Crippen molar-refractivity contribution in [3.63, 3.8) is 0 Å². The van der Waals surface area contributed by atoms with Crippen molar-refractivity contribution in [1.29, 1.82) is 0 Å². The molecule has 2 heterocycles. The lowest BCUT2D eigenvalue weighted by Crippen LogP contribution is -2.31. The average molecular weight is 381 g/mol. The third kappa shape index (κ3) is 3.66. The topological polar surface area (TPSA) is 104 Å². The highest BCUT2D eigenvalue weighted by Crippen LogP contribution is 2.32. The normalized spacial score (nSPS) is 12.0. The van der Waals surface area contributed by atoms with Crippen molar-refractivity contribution in [1.82, 2.24) is 5.32 Å². The van der Waals surface area contributed by atoms with Crippen LogP contribution in [0.5, 0.6) is 11.5 Å². The van der Waals surface area contributed by atoms with E-state index in [1.54, 1.807) is 30.3 Å². The molecule has 3 aromatic rings. The van der Waals surface area contributed by atoms with E-state index in [-0.39, 0.29) is 19.1 Å². The van der Waals surface area contributed by atoms with Crippen molar-refractivity contribution in [2.75, 3.05) is 19.9 Å². The smallest absolute Gasteiger partial charge is 0.325 e. The Morgan fingerprint density at radius 3 is 2.68 bits per heavy atom. The number of amides is 1. The Labute approximate surface area is 159 Å². The van der Waals surface area contributed by atoms with Gasteiger partial charge in [0.1, 0.15) is 12.1 Å². The molecule has 1 aromatic heterocycles. The van der Waals surface area contributed by atoms with Crippen molar-refractivity contribution >= 4 is 28.6 Å². The van der Waals surface area contributed by atoms with Gasteiger partial charge in [0.05, 0.1) is 0 Å². The van der Waals surface area contributed by atoms with Gasteiger partial charge >= 0.3 is 5.97 Å². The van der Waals surface area contributed by atoms with E-state index in [1.807, 2.05) is 12.1 Å². The predicted molar refractivity (Wildman–Crippen MR) is 96.4 cm³/mol. The minimum atomic E-state index is -0.737. The Balaban J connectivity index is 1.27. The maximum Gasteiger partial charge on any atom is 0.325 e. The Kier molecular flexibility index (Phi) is 4.67. The van der Waals surface area contributed by atoms with Crippen LogP contribution in [0.4, 0.5) is 0 Å². The van der Waals surface area contributed by atoms with Gasteiger partial charge in [0.25, 0.3) is 5.91 Å². The number of hydrogen-bond acceptors (Lipinski definition) is 7. The van der Waals surface area contributed by atoms with Crippen LogP contribution in [0.1, 0.15) is 20.9 Å². The number of Topliss-reactive ketones (excluding diaryl/α,β-unsaturated/α-hetero) is 1. The Hall–Kier alpha value is -3.81. The lowest BCUT2D eigenvalue weighted by molar-refractivity contribution is -0.141. The fourth-order valence-corrected chi connectivity index (χ4v) is 2.68. The fraction of sp³-hybridized carbons (Fsp3) is 0.150. The van der Waals surface area contributed by atoms with E-state index in [2.05, 4.69) is 5.32 Å². The molecule has 4 rings (SSSR count). The second-order valence-corrected chi connectivity index (χ2v) is 5.98. The largest absolute Gasteiger partial charge is 0.456 e. The summed E-state index contributed by atoms with van der Waals surface area (Å²) in [6.07, 6.45) is 0. The molecule has 8 nitrogen and oxygen atoms in total. The lowest BCUT2D eigenvalue weighted by atomic mass is 10.2. The number of furan rings is 1. The summed E-state index contributed by atoms with van der Waals surface area (Å²) in [6, 6.07) is 13.5. The number of hydrogen-bond donors (Lipinski definition) is 1. The second-order valence-electron chi connectivity index (χ2n) is 5.98. The summed E-state index contributed by atoms with van der Waals surface area (Å²) in [6.45, 7) is -0.745. The first-order valence-electron chi connectivity index (χ1n) is 8.45. The molecule has 0 radical (unpaired) electrons. The minimum Gasteiger partial charge on any atom is -0.456 e. The molecule has 1 aliphatic heterocycles. The number of benzene rings is 2. The summed E-state index contributed by atoms with van der Waals surface area (Å²) < 4.78 is 20.7. The first kappa shape index (κ1) is 17.6. The molecule has 0 fully saturated rings. The molecule has 1 aliphatic rings. The zero-order valence-corrected chi connectivity index (χ0v) is 14.6. The van der Waals surface area contributed by atoms with E-state index in [0.29, 0.717) is 22.6 Å². The van der Waals surface area contributed by atoms with Crippen LogP contribution in [0.25, 0.3) is 11.0 Å². The highest BCUT2D eigenvalue weighted by molar-refractivity contribution is 5.99. The summed E-state index contributed by atoms with van der Waals surface area (Å²) >= 11 is 0. The molecule has 0 aliphatic carbocycles. The predicted octanol–water partition coefficient (Wildman–Crippen LogP) is 2.32. The zero-order chi connectivity index (χ0) is 19.5. The molecule has 28 heavy (non-hydrogen) atoms. The standard InChI is InChI=1S/C20H15NO7/c22-14(17-7-12-3-1-2-4-15(12)28-17)10-25-19(23)9-21-20(24)13-5-6-16-18(8-13)27-11-26-16/h1-8H,9-11H2,(H,21,24). The maximum absolute atomic E-state index is 12.1. The Morgan fingerprint density at radius 1 is 1.00 bits per heavy atom. The summed E-state index contributed by atoms with van der Waals surface area (Å²) in [7, 11) is 0. The summed E-state index contributed by atoms with van der Waals surface area (Å²) in [5.74, 6) is -0.547. The third-order valence-corrected chi connectivity index (χ3v) is 4.09. The van der Waals surface area contributed by atoms with E-state index >= 15 is 0 Å². The third-order valence-electron chi connectivity index (χ3n) is 4.09. The van der Waals surface area contributed by atoms with Crippen LogP contribution >= 0.6 is 0 Å².